The molecule has 0 radical (unpaired) electrons. The Hall–Kier alpha value is -1.62. The van der Waals surface area contributed by atoms with E-state index < -0.39 is 0 Å². The molecule has 1 aromatic rings. The molecule has 0 aliphatic heterocycles. The van der Waals surface area contributed by atoms with Crippen LogP contribution in [0.1, 0.15) is 15.9 Å². The van der Waals surface area contributed by atoms with Crippen molar-refractivity contribution in [1.29, 1.82) is 0 Å². The van der Waals surface area contributed by atoms with E-state index in [-0.39, 0.29) is 5.91 Å². The average molecular weight is 251 g/mol. The summed E-state index contributed by atoms with van der Waals surface area (Å²) in [6.07, 6.45) is 0. The van der Waals surface area contributed by atoms with Gasteiger partial charge in [-0.25, -0.2) is 0 Å². The summed E-state index contributed by atoms with van der Waals surface area (Å²) in [6.45, 7) is 0.716. The second-order valence-corrected chi connectivity index (χ2v) is 4.07. The highest BCUT2D eigenvalue weighted by Gasteiger charge is 2.05. The van der Waals surface area contributed by atoms with E-state index in [2.05, 4.69) is 10.6 Å². The zero-order chi connectivity index (χ0) is 12.8. The molecule has 5 heteroatoms. The Morgan fingerprint density at radius 2 is 1.82 bits per heavy atom. The molecule has 0 aromatic heterocycles. The molecule has 0 saturated carbocycles. The normalized spacial score (nSPS) is 9.59. The second-order valence-electron chi connectivity index (χ2n) is 3.69. The van der Waals surface area contributed by atoms with Gasteiger partial charge in [-0.15, -0.1) is 0 Å². The van der Waals surface area contributed by atoms with Gasteiger partial charge in [0, 0.05) is 33.3 Å². The highest BCUT2D eigenvalue weighted by molar-refractivity contribution is 7.80. The van der Waals surface area contributed by atoms with Crippen LogP contribution in [-0.2, 0) is 6.54 Å². The number of hydrogen-bond donors (Lipinski definition) is 2. The maximum absolute atomic E-state index is 11.3. The molecular weight excluding hydrogens is 234 g/mol. The average Bonchev–Trinajstić information content (AvgIpc) is 2.37. The van der Waals surface area contributed by atoms with E-state index in [1.54, 1.807) is 14.1 Å². The number of benzene rings is 1. The lowest BCUT2D eigenvalue weighted by Gasteiger charge is -2.19. The maximum atomic E-state index is 11.3. The van der Waals surface area contributed by atoms with Crippen molar-refractivity contribution in [2.45, 2.75) is 6.54 Å². The standard InChI is InChI=1S/C12H17N3OS/c1-13-11(16)10-6-4-9(5-7-10)8-15(3)12(17)14-2/h4-7H,8H2,1-3H3,(H,13,16)(H,14,17). The molecule has 1 rings (SSSR count). The Balaban J connectivity index is 2.68. The van der Waals surface area contributed by atoms with Crippen molar-refractivity contribution >= 4 is 23.2 Å². The predicted molar refractivity (Wildman–Crippen MR) is 73.0 cm³/mol. The van der Waals surface area contributed by atoms with E-state index >= 15 is 0 Å². The molecule has 1 aromatic carbocycles. The minimum absolute atomic E-state index is 0.0735. The van der Waals surface area contributed by atoms with Crippen molar-refractivity contribution in [1.82, 2.24) is 15.5 Å². The van der Waals surface area contributed by atoms with Crippen molar-refractivity contribution in [2.24, 2.45) is 0 Å². The lowest BCUT2D eigenvalue weighted by Crippen LogP contribution is -2.34. The number of thiocarbonyl (C=S) groups is 1. The fraction of sp³-hybridized carbons (Fsp3) is 0.333. The van der Waals surface area contributed by atoms with Crippen LogP contribution in [-0.4, -0.2) is 37.1 Å². The Kier molecular flexibility index (Phi) is 4.90. The van der Waals surface area contributed by atoms with Gasteiger partial charge in [0.2, 0.25) is 0 Å². The second kappa shape index (κ2) is 6.20. The third-order valence-electron chi connectivity index (χ3n) is 2.42. The van der Waals surface area contributed by atoms with Gasteiger partial charge in [-0.05, 0) is 29.9 Å². The monoisotopic (exact) mass is 251 g/mol. The molecule has 0 unspecified atom stereocenters. The Morgan fingerprint density at radius 1 is 1.24 bits per heavy atom. The maximum Gasteiger partial charge on any atom is 0.251 e. The van der Waals surface area contributed by atoms with Gasteiger partial charge in [-0.3, -0.25) is 4.79 Å². The zero-order valence-corrected chi connectivity index (χ0v) is 11.1. The fourth-order valence-corrected chi connectivity index (χ4v) is 1.51. The van der Waals surface area contributed by atoms with E-state index in [0.29, 0.717) is 17.2 Å². The molecule has 1 amide bonds. The summed E-state index contributed by atoms with van der Waals surface area (Å²) in [4.78, 5) is 13.3. The van der Waals surface area contributed by atoms with Gasteiger partial charge in [-0.1, -0.05) is 12.1 Å². The van der Waals surface area contributed by atoms with Crippen molar-refractivity contribution < 1.29 is 4.79 Å². The summed E-state index contributed by atoms with van der Waals surface area (Å²) >= 11 is 5.11. The third kappa shape index (κ3) is 3.71. The largest absolute Gasteiger partial charge is 0.366 e. The van der Waals surface area contributed by atoms with Gasteiger partial charge in [0.25, 0.3) is 5.91 Å². The number of hydrogen-bond acceptors (Lipinski definition) is 2. The van der Waals surface area contributed by atoms with Crippen LogP contribution in [0, 0.1) is 0 Å². The number of carbonyl (C=O) groups is 1. The summed E-state index contributed by atoms with van der Waals surface area (Å²) < 4.78 is 0. The van der Waals surface area contributed by atoms with Crippen LogP contribution in [0.4, 0.5) is 0 Å². The first-order valence-electron chi connectivity index (χ1n) is 5.32. The first kappa shape index (κ1) is 13.4. The van der Waals surface area contributed by atoms with Crippen LogP contribution in [0.15, 0.2) is 24.3 Å². The molecule has 0 bridgehead atoms. The molecule has 0 atom stereocenters. The lowest BCUT2D eigenvalue weighted by atomic mass is 10.1. The number of carbonyl (C=O) groups excluding carboxylic acids is 1. The van der Waals surface area contributed by atoms with E-state index in [1.165, 1.54) is 0 Å². The van der Waals surface area contributed by atoms with Gasteiger partial charge < -0.3 is 15.5 Å². The minimum atomic E-state index is -0.0735. The van der Waals surface area contributed by atoms with E-state index in [9.17, 15) is 4.79 Å². The molecule has 2 N–H and O–H groups in total. The molecule has 0 saturated heterocycles. The zero-order valence-electron chi connectivity index (χ0n) is 10.3. The molecular formula is C12H17N3OS. The molecule has 92 valence electrons. The van der Waals surface area contributed by atoms with Crippen molar-refractivity contribution in [3.05, 3.63) is 35.4 Å². The lowest BCUT2D eigenvalue weighted by molar-refractivity contribution is 0.0963. The quantitative estimate of drug-likeness (QED) is 0.786. The SMILES string of the molecule is CNC(=O)c1ccc(CN(C)C(=S)NC)cc1. The molecule has 0 fully saturated rings. The van der Waals surface area contributed by atoms with Crippen LogP contribution >= 0.6 is 12.2 Å². The van der Waals surface area contributed by atoms with Crippen LogP contribution in [0.2, 0.25) is 0 Å². The third-order valence-corrected chi connectivity index (χ3v) is 2.94. The topological polar surface area (TPSA) is 44.4 Å². The summed E-state index contributed by atoms with van der Waals surface area (Å²) in [5.41, 5.74) is 1.77. The van der Waals surface area contributed by atoms with E-state index in [4.69, 9.17) is 12.2 Å². The predicted octanol–water partition coefficient (Wildman–Crippen LogP) is 0.982. The smallest absolute Gasteiger partial charge is 0.251 e. The Morgan fingerprint density at radius 3 is 2.29 bits per heavy atom. The molecule has 0 heterocycles. The van der Waals surface area contributed by atoms with Crippen LogP contribution in [0.25, 0.3) is 0 Å². The van der Waals surface area contributed by atoms with Crippen molar-refractivity contribution in [2.75, 3.05) is 21.1 Å². The fourth-order valence-electron chi connectivity index (χ4n) is 1.44. The van der Waals surface area contributed by atoms with Gasteiger partial charge in [0.1, 0.15) is 0 Å². The van der Waals surface area contributed by atoms with Gasteiger partial charge >= 0.3 is 0 Å². The number of rotatable bonds is 3. The van der Waals surface area contributed by atoms with Crippen molar-refractivity contribution in [3.8, 4) is 0 Å². The number of amides is 1. The minimum Gasteiger partial charge on any atom is -0.366 e. The van der Waals surface area contributed by atoms with E-state index in [1.807, 2.05) is 36.2 Å². The van der Waals surface area contributed by atoms with Crippen LogP contribution in [0.5, 0.6) is 0 Å². The molecule has 0 aliphatic carbocycles. The Bertz CT molecular complexity index is 403. The summed E-state index contributed by atoms with van der Waals surface area (Å²) in [6, 6.07) is 7.48. The highest BCUT2D eigenvalue weighted by atomic mass is 32.1. The summed E-state index contributed by atoms with van der Waals surface area (Å²) in [5, 5.41) is 6.20. The van der Waals surface area contributed by atoms with Gasteiger partial charge in [0.05, 0.1) is 0 Å². The molecule has 0 aliphatic rings. The van der Waals surface area contributed by atoms with E-state index in [0.717, 1.165) is 5.56 Å². The first-order chi connectivity index (χ1) is 8.08. The summed E-state index contributed by atoms with van der Waals surface area (Å²) in [5.74, 6) is -0.0735. The van der Waals surface area contributed by atoms with Crippen LogP contribution in [0.3, 0.4) is 0 Å². The number of nitrogens with one attached hydrogen (secondary N) is 2. The van der Waals surface area contributed by atoms with Gasteiger partial charge in [-0.2, -0.15) is 0 Å². The molecule has 0 spiro atoms. The van der Waals surface area contributed by atoms with Crippen molar-refractivity contribution in [3.63, 3.8) is 0 Å². The molecule has 4 nitrogen and oxygen atoms in total. The summed E-state index contributed by atoms with van der Waals surface area (Å²) in [7, 11) is 5.34. The molecule has 17 heavy (non-hydrogen) atoms. The highest BCUT2D eigenvalue weighted by Crippen LogP contribution is 2.07. The first-order valence-corrected chi connectivity index (χ1v) is 5.73. The van der Waals surface area contributed by atoms with Gasteiger partial charge in [0.15, 0.2) is 5.11 Å². The van der Waals surface area contributed by atoms with Crippen LogP contribution < -0.4 is 10.6 Å². The Labute approximate surface area is 107 Å². The number of nitrogens with zero attached hydrogens (tertiary/aromatic N) is 1.